The molecular weight excluding hydrogens is 431 g/mol. The second kappa shape index (κ2) is 7.50. The first-order valence-electron chi connectivity index (χ1n) is 9.57. The van der Waals surface area contributed by atoms with Crippen molar-refractivity contribution in [3.8, 4) is 23.1 Å². The highest BCUT2D eigenvalue weighted by Gasteiger charge is 2.32. The minimum Gasteiger partial charge on any atom is -0.406 e. The fourth-order valence-corrected chi connectivity index (χ4v) is 5.55. The molecule has 0 radical (unpaired) electrons. The molecular formula is C21H18F3N3O3S. The van der Waals surface area contributed by atoms with E-state index in [0.717, 1.165) is 0 Å². The maximum atomic E-state index is 12.6. The molecule has 0 N–H and O–H groups in total. The van der Waals surface area contributed by atoms with Crippen molar-refractivity contribution in [3.05, 3.63) is 48.0 Å². The van der Waals surface area contributed by atoms with E-state index < -0.39 is 16.4 Å². The van der Waals surface area contributed by atoms with E-state index in [1.165, 1.54) is 22.5 Å². The lowest BCUT2D eigenvalue weighted by atomic mass is 10.1. The van der Waals surface area contributed by atoms with E-state index in [1.807, 2.05) is 6.92 Å². The topological polar surface area (TPSA) is 75.3 Å². The highest BCUT2D eigenvalue weighted by Crippen LogP contribution is 2.37. The van der Waals surface area contributed by atoms with Crippen LogP contribution in [0.3, 0.4) is 0 Å². The summed E-state index contributed by atoms with van der Waals surface area (Å²) in [7, 11) is -3.31. The average Bonchev–Trinajstić information content (AvgIpc) is 3.22. The van der Waals surface area contributed by atoms with Crippen LogP contribution in [0.4, 0.5) is 18.9 Å². The fourth-order valence-electron chi connectivity index (χ4n) is 3.98. The summed E-state index contributed by atoms with van der Waals surface area (Å²) in [6.45, 7) is 2.65. The van der Waals surface area contributed by atoms with Gasteiger partial charge < -0.3 is 9.30 Å². The Morgan fingerprint density at radius 2 is 1.87 bits per heavy atom. The lowest BCUT2D eigenvalue weighted by Gasteiger charge is -2.17. The van der Waals surface area contributed by atoms with Crippen LogP contribution >= 0.6 is 0 Å². The van der Waals surface area contributed by atoms with Gasteiger partial charge in [-0.1, -0.05) is 12.1 Å². The molecule has 1 aliphatic heterocycles. The lowest BCUT2D eigenvalue weighted by molar-refractivity contribution is -0.274. The van der Waals surface area contributed by atoms with Crippen LogP contribution in [0.2, 0.25) is 0 Å². The largest absolute Gasteiger partial charge is 0.573 e. The summed E-state index contributed by atoms with van der Waals surface area (Å²) in [5, 5.41) is 10.3. The first-order chi connectivity index (χ1) is 14.6. The molecule has 0 unspecified atom stereocenters. The summed E-state index contributed by atoms with van der Waals surface area (Å²) in [5.74, 6) is -0.252. The first-order valence-corrected chi connectivity index (χ1v) is 11.2. The van der Waals surface area contributed by atoms with Gasteiger partial charge in [-0.25, -0.2) is 8.42 Å². The van der Waals surface area contributed by atoms with E-state index in [4.69, 9.17) is 0 Å². The van der Waals surface area contributed by atoms with E-state index in [9.17, 15) is 26.9 Å². The van der Waals surface area contributed by atoms with E-state index in [1.54, 1.807) is 28.8 Å². The van der Waals surface area contributed by atoms with Crippen LogP contribution in [-0.4, -0.2) is 31.6 Å². The van der Waals surface area contributed by atoms with Gasteiger partial charge in [-0.3, -0.25) is 4.31 Å². The molecule has 31 heavy (non-hydrogen) atoms. The van der Waals surface area contributed by atoms with Gasteiger partial charge in [-0.05, 0) is 43.2 Å². The van der Waals surface area contributed by atoms with Crippen molar-refractivity contribution >= 4 is 26.6 Å². The highest BCUT2D eigenvalue weighted by atomic mass is 32.2. The Kier molecular flexibility index (Phi) is 5.09. The zero-order valence-corrected chi connectivity index (χ0v) is 17.3. The van der Waals surface area contributed by atoms with Crippen molar-refractivity contribution < 1.29 is 26.3 Å². The fraction of sp³-hybridized carbons (Fsp3) is 0.286. The van der Waals surface area contributed by atoms with Crippen LogP contribution in [0.1, 0.15) is 18.9 Å². The molecule has 6 nitrogen and oxygen atoms in total. The second-order valence-electron chi connectivity index (χ2n) is 7.10. The maximum Gasteiger partial charge on any atom is 0.573 e. The summed E-state index contributed by atoms with van der Waals surface area (Å²) in [5.41, 5.74) is 2.53. The van der Waals surface area contributed by atoms with Gasteiger partial charge in [0.25, 0.3) is 0 Å². The minimum absolute atomic E-state index is 0.111. The molecule has 1 aromatic heterocycles. The van der Waals surface area contributed by atoms with Gasteiger partial charge in [-0.15, -0.1) is 13.2 Å². The number of aryl methyl sites for hydroxylation is 1. The van der Waals surface area contributed by atoms with E-state index >= 15 is 0 Å². The molecule has 1 aliphatic rings. The van der Waals surface area contributed by atoms with Gasteiger partial charge in [0, 0.05) is 24.5 Å². The molecule has 4 rings (SSSR count). The molecule has 0 atom stereocenters. The SMILES string of the molecule is CCn1c(-c2ccc(N3CCCS3(=O)=O)cc2)c(C#N)c2ccc(OC(F)(F)F)cc21. The molecule has 0 amide bonds. The molecule has 2 aromatic carbocycles. The van der Waals surface area contributed by atoms with Gasteiger partial charge >= 0.3 is 6.36 Å². The van der Waals surface area contributed by atoms with Crippen LogP contribution in [0.25, 0.3) is 22.2 Å². The number of anilines is 1. The standard InChI is InChI=1S/C21H18F3N3O3S/c1-2-26-19-12-16(30-21(22,23)24)8-9-17(19)18(13-25)20(26)14-4-6-15(7-5-14)27-10-3-11-31(27,28)29/h4-9,12H,2-3,10-11H2,1H3. The van der Waals surface area contributed by atoms with E-state index in [0.29, 0.717) is 52.9 Å². The average molecular weight is 449 g/mol. The maximum absolute atomic E-state index is 12.6. The van der Waals surface area contributed by atoms with Crippen LogP contribution in [0, 0.1) is 11.3 Å². The van der Waals surface area contributed by atoms with Crippen LogP contribution < -0.4 is 9.04 Å². The third-order valence-corrected chi connectivity index (χ3v) is 7.10. The van der Waals surface area contributed by atoms with E-state index in [-0.39, 0.29) is 11.5 Å². The number of sulfonamides is 1. The number of aromatic nitrogens is 1. The molecule has 3 aromatic rings. The number of hydrogen-bond donors (Lipinski definition) is 0. The summed E-state index contributed by atoms with van der Waals surface area (Å²) < 4.78 is 69.3. The molecule has 1 fully saturated rings. The quantitative estimate of drug-likeness (QED) is 0.582. The number of ether oxygens (including phenoxy) is 1. The van der Waals surface area contributed by atoms with Crippen LogP contribution in [0.15, 0.2) is 42.5 Å². The van der Waals surface area contributed by atoms with Crippen molar-refractivity contribution in [2.75, 3.05) is 16.6 Å². The van der Waals surface area contributed by atoms with Crippen molar-refractivity contribution in [1.82, 2.24) is 4.57 Å². The normalized spacial score (nSPS) is 15.9. The summed E-state index contributed by atoms with van der Waals surface area (Å²) in [6.07, 6.45) is -4.25. The number of halogens is 3. The van der Waals surface area contributed by atoms with Gasteiger partial charge in [0.2, 0.25) is 10.0 Å². The Morgan fingerprint density at radius 1 is 1.16 bits per heavy atom. The monoisotopic (exact) mass is 449 g/mol. The Morgan fingerprint density at radius 3 is 2.42 bits per heavy atom. The van der Waals surface area contributed by atoms with Gasteiger partial charge in [0.05, 0.1) is 28.2 Å². The number of alkyl halides is 3. The number of rotatable bonds is 4. The summed E-state index contributed by atoms with van der Waals surface area (Å²) in [6, 6.07) is 12.8. The van der Waals surface area contributed by atoms with Gasteiger partial charge in [-0.2, -0.15) is 5.26 Å². The number of benzene rings is 2. The lowest BCUT2D eigenvalue weighted by Crippen LogP contribution is -2.24. The third-order valence-electron chi connectivity index (χ3n) is 5.23. The number of hydrogen-bond acceptors (Lipinski definition) is 4. The van der Waals surface area contributed by atoms with Gasteiger partial charge in [0.15, 0.2) is 0 Å². The molecule has 0 aliphatic carbocycles. The minimum atomic E-state index is -4.82. The zero-order chi connectivity index (χ0) is 22.4. The van der Waals surface area contributed by atoms with E-state index in [2.05, 4.69) is 10.8 Å². The van der Waals surface area contributed by atoms with Crippen molar-refractivity contribution in [2.24, 2.45) is 0 Å². The van der Waals surface area contributed by atoms with Crippen molar-refractivity contribution in [1.29, 1.82) is 5.26 Å². The smallest absolute Gasteiger partial charge is 0.406 e. The van der Waals surface area contributed by atoms with Crippen LogP contribution in [-0.2, 0) is 16.6 Å². The molecule has 0 spiro atoms. The second-order valence-corrected chi connectivity index (χ2v) is 9.11. The molecule has 0 bridgehead atoms. The molecule has 162 valence electrons. The van der Waals surface area contributed by atoms with Crippen molar-refractivity contribution in [3.63, 3.8) is 0 Å². The number of fused-ring (bicyclic) bond motifs is 1. The molecule has 10 heteroatoms. The third kappa shape index (κ3) is 3.81. The predicted octanol–water partition coefficient (Wildman–Crippen LogP) is 4.64. The summed E-state index contributed by atoms with van der Waals surface area (Å²) >= 11 is 0. The molecule has 1 saturated heterocycles. The predicted molar refractivity (Wildman–Crippen MR) is 110 cm³/mol. The number of nitriles is 1. The summed E-state index contributed by atoms with van der Waals surface area (Å²) in [4.78, 5) is 0. The van der Waals surface area contributed by atoms with Gasteiger partial charge in [0.1, 0.15) is 11.8 Å². The molecule has 0 saturated carbocycles. The van der Waals surface area contributed by atoms with Crippen molar-refractivity contribution in [2.45, 2.75) is 26.3 Å². The Bertz CT molecular complexity index is 1290. The Hall–Kier alpha value is -3.19. The number of nitrogens with zero attached hydrogens (tertiary/aromatic N) is 3. The first kappa shape index (κ1) is 21.1. The van der Waals surface area contributed by atoms with Crippen LogP contribution in [0.5, 0.6) is 5.75 Å². The molecule has 2 heterocycles. The Labute approximate surface area is 177 Å². The zero-order valence-electron chi connectivity index (χ0n) is 16.5. The Balaban J connectivity index is 1.82. The highest BCUT2D eigenvalue weighted by molar-refractivity contribution is 7.93.